The van der Waals surface area contributed by atoms with Crippen LogP contribution >= 0.6 is 0 Å². The number of carbonyl (C=O) groups excluding carboxylic acids is 1. The van der Waals surface area contributed by atoms with Gasteiger partial charge in [0.25, 0.3) is 5.91 Å². The molecule has 28 heavy (non-hydrogen) atoms. The molecule has 0 bridgehead atoms. The fourth-order valence-electron chi connectivity index (χ4n) is 3.23. The maximum Gasteiger partial charge on any atom is 0.269 e. The molecular weight excluding hydrogens is 354 g/mol. The summed E-state index contributed by atoms with van der Waals surface area (Å²) in [6.45, 7) is 2.09. The van der Waals surface area contributed by atoms with Crippen molar-refractivity contribution in [3.8, 4) is 0 Å². The van der Waals surface area contributed by atoms with E-state index < -0.39 is 0 Å². The number of nitrogens with zero attached hydrogens (tertiary/aromatic N) is 3. The molecule has 3 aromatic rings. The minimum atomic E-state index is -0.174. The summed E-state index contributed by atoms with van der Waals surface area (Å²) in [4.78, 5) is 25.4. The number of rotatable bonds is 6. The van der Waals surface area contributed by atoms with Crippen molar-refractivity contribution in [2.24, 2.45) is 0 Å². The van der Waals surface area contributed by atoms with Gasteiger partial charge < -0.3 is 15.4 Å². The zero-order valence-corrected chi connectivity index (χ0v) is 15.6. The third kappa shape index (κ3) is 4.61. The molecule has 1 fully saturated rings. The predicted octanol–water partition coefficient (Wildman–Crippen LogP) is 2.59. The molecule has 7 nitrogen and oxygen atoms in total. The lowest BCUT2D eigenvalue weighted by Crippen LogP contribution is -2.28. The fraction of sp³-hybridized carbons (Fsp3) is 0.333. The molecule has 0 saturated carbocycles. The summed E-state index contributed by atoms with van der Waals surface area (Å²) >= 11 is 0. The van der Waals surface area contributed by atoms with Crippen LogP contribution in [0.15, 0.2) is 48.9 Å². The van der Waals surface area contributed by atoms with E-state index in [0.717, 1.165) is 54.8 Å². The van der Waals surface area contributed by atoms with Crippen molar-refractivity contribution in [1.82, 2.24) is 20.3 Å². The molecule has 1 aliphatic rings. The van der Waals surface area contributed by atoms with Gasteiger partial charge in [-0.05, 0) is 49.1 Å². The van der Waals surface area contributed by atoms with Crippen LogP contribution in [0.3, 0.4) is 0 Å². The lowest BCUT2D eigenvalue weighted by molar-refractivity contribution is 0.0903. The van der Waals surface area contributed by atoms with Gasteiger partial charge in [0.2, 0.25) is 0 Å². The van der Waals surface area contributed by atoms with Crippen LogP contribution in [0.5, 0.6) is 0 Å². The van der Waals surface area contributed by atoms with Crippen molar-refractivity contribution < 1.29 is 9.53 Å². The van der Waals surface area contributed by atoms with Gasteiger partial charge in [-0.15, -0.1) is 0 Å². The molecular formula is C21H23N5O2. The summed E-state index contributed by atoms with van der Waals surface area (Å²) in [5, 5.41) is 7.27. The standard InChI is InChI=1S/C21H23N5O2/c27-21(23-10-5-15-3-8-22-9-4-15)18-2-1-16-14-24-20(13-19(16)26-18)25-17-6-11-28-12-7-17/h1-4,8-9,13-14,17H,5-7,10-12H2,(H,23,27)(H,24,25). The lowest BCUT2D eigenvalue weighted by atomic mass is 10.1. The third-order valence-corrected chi connectivity index (χ3v) is 4.83. The number of carbonyl (C=O) groups is 1. The molecule has 0 aliphatic carbocycles. The number of nitrogens with one attached hydrogen (secondary N) is 2. The molecule has 7 heteroatoms. The Hall–Kier alpha value is -3.06. The first kappa shape index (κ1) is 18.3. The number of fused-ring (bicyclic) bond motifs is 1. The second-order valence-corrected chi connectivity index (χ2v) is 6.85. The Morgan fingerprint density at radius 1 is 1.14 bits per heavy atom. The first-order chi connectivity index (χ1) is 13.8. The Kier molecular flexibility index (Phi) is 5.72. The average Bonchev–Trinajstić information content (AvgIpc) is 2.74. The van der Waals surface area contributed by atoms with Crippen LogP contribution in [-0.2, 0) is 11.2 Å². The highest BCUT2D eigenvalue weighted by Gasteiger charge is 2.14. The smallest absolute Gasteiger partial charge is 0.269 e. The van der Waals surface area contributed by atoms with Crippen LogP contribution in [0.2, 0.25) is 0 Å². The van der Waals surface area contributed by atoms with Crippen LogP contribution in [0.4, 0.5) is 5.82 Å². The molecule has 4 heterocycles. The monoisotopic (exact) mass is 377 g/mol. The van der Waals surface area contributed by atoms with Gasteiger partial charge in [0.05, 0.1) is 5.52 Å². The van der Waals surface area contributed by atoms with E-state index in [2.05, 4.69) is 25.6 Å². The minimum Gasteiger partial charge on any atom is -0.381 e. The first-order valence-electron chi connectivity index (χ1n) is 9.56. The third-order valence-electron chi connectivity index (χ3n) is 4.83. The second-order valence-electron chi connectivity index (χ2n) is 6.85. The van der Waals surface area contributed by atoms with Gasteiger partial charge in [-0.25, -0.2) is 9.97 Å². The van der Waals surface area contributed by atoms with Gasteiger partial charge in [-0.2, -0.15) is 0 Å². The predicted molar refractivity (Wildman–Crippen MR) is 107 cm³/mol. The van der Waals surface area contributed by atoms with Crippen molar-refractivity contribution >= 4 is 22.6 Å². The Morgan fingerprint density at radius 2 is 1.96 bits per heavy atom. The highest BCUT2D eigenvalue weighted by molar-refractivity contribution is 5.95. The zero-order valence-electron chi connectivity index (χ0n) is 15.6. The van der Waals surface area contributed by atoms with Crippen molar-refractivity contribution in [2.45, 2.75) is 25.3 Å². The number of hydrogen-bond donors (Lipinski definition) is 2. The zero-order chi connectivity index (χ0) is 19.2. The lowest BCUT2D eigenvalue weighted by Gasteiger charge is -2.23. The number of aromatic nitrogens is 3. The number of pyridine rings is 3. The van der Waals surface area contributed by atoms with Crippen molar-refractivity contribution in [1.29, 1.82) is 0 Å². The Labute approximate surface area is 163 Å². The van der Waals surface area contributed by atoms with Gasteiger partial charge >= 0.3 is 0 Å². The van der Waals surface area contributed by atoms with Gasteiger partial charge in [0.1, 0.15) is 11.5 Å². The molecule has 0 spiro atoms. The summed E-state index contributed by atoms with van der Waals surface area (Å²) in [5.41, 5.74) is 2.30. The van der Waals surface area contributed by atoms with Crippen LogP contribution in [-0.4, -0.2) is 46.7 Å². The molecule has 0 atom stereocenters. The summed E-state index contributed by atoms with van der Waals surface area (Å²) in [5.74, 6) is 0.605. The average molecular weight is 377 g/mol. The molecule has 0 unspecified atom stereocenters. The van der Waals surface area contributed by atoms with Crippen molar-refractivity contribution in [2.75, 3.05) is 25.1 Å². The topological polar surface area (TPSA) is 89.0 Å². The molecule has 1 aliphatic heterocycles. The Morgan fingerprint density at radius 3 is 2.79 bits per heavy atom. The van der Waals surface area contributed by atoms with E-state index >= 15 is 0 Å². The van der Waals surface area contributed by atoms with E-state index in [1.54, 1.807) is 24.7 Å². The fourth-order valence-corrected chi connectivity index (χ4v) is 3.23. The molecule has 0 aromatic carbocycles. The molecule has 1 amide bonds. The Bertz CT molecular complexity index is 942. The summed E-state index contributed by atoms with van der Waals surface area (Å²) in [7, 11) is 0. The number of amides is 1. The summed E-state index contributed by atoms with van der Waals surface area (Å²) in [6.07, 6.45) is 7.98. The van der Waals surface area contributed by atoms with E-state index in [9.17, 15) is 4.79 Å². The molecule has 1 saturated heterocycles. The highest BCUT2D eigenvalue weighted by Crippen LogP contribution is 2.18. The minimum absolute atomic E-state index is 0.174. The molecule has 3 aromatic heterocycles. The van der Waals surface area contributed by atoms with Crippen LogP contribution in [0, 0.1) is 0 Å². The first-order valence-corrected chi connectivity index (χ1v) is 9.56. The van der Waals surface area contributed by atoms with E-state index in [4.69, 9.17) is 4.74 Å². The van der Waals surface area contributed by atoms with Crippen molar-refractivity contribution in [3.05, 3.63) is 60.2 Å². The number of ether oxygens (including phenoxy) is 1. The maximum atomic E-state index is 12.4. The van der Waals surface area contributed by atoms with Crippen LogP contribution in [0.25, 0.3) is 10.9 Å². The van der Waals surface area contributed by atoms with Gasteiger partial charge in [0, 0.05) is 55.8 Å². The molecule has 2 N–H and O–H groups in total. The van der Waals surface area contributed by atoms with E-state index in [0.29, 0.717) is 18.3 Å². The molecule has 4 rings (SSSR count). The van der Waals surface area contributed by atoms with Crippen LogP contribution in [0.1, 0.15) is 28.9 Å². The van der Waals surface area contributed by atoms with E-state index in [1.807, 2.05) is 24.3 Å². The maximum absolute atomic E-state index is 12.4. The number of hydrogen-bond acceptors (Lipinski definition) is 6. The highest BCUT2D eigenvalue weighted by atomic mass is 16.5. The van der Waals surface area contributed by atoms with E-state index in [-0.39, 0.29) is 5.91 Å². The SMILES string of the molecule is O=C(NCCc1ccncc1)c1ccc2cnc(NC3CCOCC3)cc2n1. The summed E-state index contributed by atoms with van der Waals surface area (Å²) < 4.78 is 5.39. The quantitative estimate of drug-likeness (QED) is 0.686. The molecule has 0 radical (unpaired) electrons. The summed E-state index contributed by atoms with van der Waals surface area (Å²) in [6, 6.07) is 9.76. The normalized spacial score (nSPS) is 14.7. The number of anilines is 1. The van der Waals surface area contributed by atoms with Crippen LogP contribution < -0.4 is 10.6 Å². The van der Waals surface area contributed by atoms with E-state index in [1.165, 1.54) is 0 Å². The van der Waals surface area contributed by atoms with Gasteiger partial charge in [0.15, 0.2) is 0 Å². The van der Waals surface area contributed by atoms with Gasteiger partial charge in [-0.1, -0.05) is 0 Å². The van der Waals surface area contributed by atoms with Crippen molar-refractivity contribution in [3.63, 3.8) is 0 Å². The second kappa shape index (κ2) is 8.75. The molecule has 144 valence electrons. The largest absolute Gasteiger partial charge is 0.381 e. The van der Waals surface area contributed by atoms with Gasteiger partial charge in [-0.3, -0.25) is 9.78 Å². The Balaban J connectivity index is 1.41.